The molecule has 28 heavy (non-hydrogen) atoms. The third kappa shape index (κ3) is 4.89. The lowest BCUT2D eigenvalue weighted by Crippen LogP contribution is -2.28. The van der Waals surface area contributed by atoms with Crippen LogP contribution in [0.1, 0.15) is 21.5 Å². The quantitative estimate of drug-likeness (QED) is 0.619. The molecule has 0 radical (unpaired) electrons. The SMILES string of the molecule is O=C(NCCc1cccc(-c2cncc(Cl)c2)c1)c1ccccc1C(F)(F)F. The van der Waals surface area contributed by atoms with E-state index in [1.54, 1.807) is 18.5 Å². The Balaban J connectivity index is 1.66. The van der Waals surface area contributed by atoms with E-state index in [4.69, 9.17) is 11.6 Å². The van der Waals surface area contributed by atoms with Crippen LogP contribution in [0.15, 0.2) is 67.0 Å². The van der Waals surface area contributed by atoms with Gasteiger partial charge in [0.05, 0.1) is 16.1 Å². The summed E-state index contributed by atoms with van der Waals surface area (Å²) in [6.45, 7) is 0.211. The first-order valence-corrected chi connectivity index (χ1v) is 8.86. The average Bonchev–Trinajstić information content (AvgIpc) is 2.67. The highest BCUT2D eigenvalue weighted by Gasteiger charge is 2.34. The van der Waals surface area contributed by atoms with Crippen LogP contribution in [0, 0.1) is 0 Å². The van der Waals surface area contributed by atoms with Crippen molar-refractivity contribution in [3.63, 3.8) is 0 Å². The monoisotopic (exact) mass is 404 g/mol. The zero-order valence-electron chi connectivity index (χ0n) is 14.6. The molecule has 0 atom stereocenters. The molecule has 1 N–H and O–H groups in total. The van der Waals surface area contributed by atoms with Gasteiger partial charge in [0, 0.05) is 24.5 Å². The number of aromatic nitrogens is 1. The van der Waals surface area contributed by atoms with Gasteiger partial charge in [-0.15, -0.1) is 0 Å². The average molecular weight is 405 g/mol. The van der Waals surface area contributed by atoms with E-state index >= 15 is 0 Å². The number of halogens is 4. The van der Waals surface area contributed by atoms with Gasteiger partial charge in [0.15, 0.2) is 0 Å². The van der Waals surface area contributed by atoms with Gasteiger partial charge >= 0.3 is 6.18 Å². The second-order valence-corrected chi connectivity index (χ2v) is 6.58. The lowest BCUT2D eigenvalue weighted by Gasteiger charge is -2.13. The molecule has 3 nitrogen and oxygen atoms in total. The largest absolute Gasteiger partial charge is 0.417 e. The number of alkyl halides is 3. The maximum absolute atomic E-state index is 13.0. The minimum Gasteiger partial charge on any atom is -0.352 e. The smallest absolute Gasteiger partial charge is 0.352 e. The van der Waals surface area contributed by atoms with Gasteiger partial charge in [-0.1, -0.05) is 48.0 Å². The van der Waals surface area contributed by atoms with E-state index in [1.807, 2.05) is 24.3 Å². The van der Waals surface area contributed by atoms with Crippen molar-refractivity contribution in [2.24, 2.45) is 0 Å². The van der Waals surface area contributed by atoms with Crippen LogP contribution in [0.25, 0.3) is 11.1 Å². The van der Waals surface area contributed by atoms with Crippen LogP contribution < -0.4 is 5.32 Å². The summed E-state index contributed by atoms with van der Waals surface area (Å²) in [5.41, 5.74) is 1.39. The molecule has 0 bridgehead atoms. The molecule has 144 valence electrons. The molecule has 1 aromatic heterocycles. The molecular weight excluding hydrogens is 389 g/mol. The normalized spacial score (nSPS) is 11.3. The molecule has 0 aliphatic rings. The Labute approximate surface area is 165 Å². The minimum absolute atomic E-state index is 0.211. The van der Waals surface area contributed by atoms with E-state index < -0.39 is 17.6 Å². The van der Waals surface area contributed by atoms with Crippen LogP contribution in [0.4, 0.5) is 13.2 Å². The highest BCUT2D eigenvalue weighted by atomic mass is 35.5. The van der Waals surface area contributed by atoms with E-state index in [1.165, 1.54) is 18.2 Å². The number of benzene rings is 2. The third-order valence-corrected chi connectivity index (χ3v) is 4.35. The van der Waals surface area contributed by atoms with Crippen LogP contribution in [0.5, 0.6) is 0 Å². The summed E-state index contributed by atoms with van der Waals surface area (Å²) in [4.78, 5) is 16.3. The molecule has 1 heterocycles. The number of pyridine rings is 1. The van der Waals surface area contributed by atoms with Gasteiger partial charge in [0.1, 0.15) is 0 Å². The fourth-order valence-corrected chi connectivity index (χ4v) is 2.99. The Hall–Kier alpha value is -2.86. The minimum atomic E-state index is -4.58. The zero-order chi connectivity index (χ0) is 20.1. The van der Waals surface area contributed by atoms with Gasteiger partial charge in [-0.3, -0.25) is 9.78 Å². The van der Waals surface area contributed by atoms with E-state index in [-0.39, 0.29) is 12.1 Å². The van der Waals surface area contributed by atoms with Gasteiger partial charge in [0.25, 0.3) is 5.91 Å². The molecule has 3 rings (SSSR count). The Morgan fingerprint density at radius 1 is 1.00 bits per heavy atom. The van der Waals surface area contributed by atoms with Crippen molar-refractivity contribution in [3.8, 4) is 11.1 Å². The van der Waals surface area contributed by atoms with Crippen LogP contribution in [-0.4, -0.2) is 17.4 Å². The molecule has 3 aromatic rings. The maximum atomic E-state index is 13.0. The summed E-state index contributed by atoms with van der Waals surface area (Å²) in [7, 11) is 0. The second-order valence-electron chi connectivity index (χ2n) is 6.14. The second kappa shape index (κ2) is 8.44. The summed E-state index contributed by atoms with van der Waals surface area (Å²) < 4.78 is 39.1. The van der Waals surface area contributed by atoms with Crippen molar-refractivity contribution in [1.82, 2.24) is 10.3 Å². The maximum Gasteiger partial charge on any atom is 0.417 e. The topological polar surface area (TPSA) is 42.0 Å². The predicted octanol–water partition coefficient (Wildman–Crippen LogP) is 5.39. The van der Waals surface area contributed by atoms with Crippen LogP contribution >= 0.6 is 11.6 Å². The summed E-state index contributed by atoms with van der Waals surface area (Å²) in [6, 6.07) is 14.1. The lowest BCUT2D eigenvalue weighted by molar-refractivity contribution is -0.137. The van der Waals surface area contributed by atoms with Gasteiger partial charge in [-0.25, -0.2) is 0 Å². The molecule has 1 amide bonds. The van der Waals surface area contributed by atoms with Gasteiger partial charge in [-0.05, 0) is 35.7 Å². The number of carbonyl (C=O) groups excluding carboxylic acids is 1. The molecule has 0 unspecified atom stereocenters. The lowest BCUT2D eigenvalue weighted by atomic mass is 10.0. The summed E-state index contributed by atoms with van der Waals surface area (Å²) >= 11 is 5.97. The summed E-state index contributed by atoms with van der Waals surface area (Å²) in [5, 5.41) is 3.08. The highest BCUT2D eigenvalue weighted by Crippen LogP contribution is 2.31. The number of nitrogens with zero attached hydrogens (tertiary/aromatic N) is 1. The van der Waals surface area contributed by atoms with Crippen LogP contribution in [0.2, 0.25) is 5.02 Å². The first-order chi connectivity index (χ1) is 13.3. The van der Waals surface area contributed by atoms with Crippen molar-refractivity contribution in [2.45, 2.75) is 12.6 Å². The Morgan fingerprint density at radius 3 is 2.54 bits per heavy atom. The van der Waals surface area contributed by atoms with Gasteiger partial charge in [0.2, 0.25) is 0 Å². The number of amides is 1. The van der Waals surface area contributed by atoms with Crippen molar-refractivity contribution in [1.29, 1.82) is 0 Å². The molecule has 0 saturated carbocycles. The predicted molar refractivity (Wildman–Crippen MR) is 102 cm³/mol. The third-order valence-electron chi connectivity index (χ3n) is 4.14. The van der Waals surface area contributed by atoms with E-state index in [2.05, 4.69) is 10.3 Å². The molecule has 0 saturated heterocycles. The Morgan fingerprint density at radius 2 is 1.79 bits per heavy atom. The number of hydrogen-bond donors (Lipinski definition) is 1. The number of nitrogens with one attached hydrogen (secondary N) is 1. The summed E-state index contributed by atoms with van der Waals surface area (Å²) in [6.07, 6.45) is -0.862. The zero-order valence-corrected chi connectivity index (χ0v) is 15.4. The summed E-state index contributed by atoms with van der Waals surface area (Å²) in [5.74, 6) is -0.747. The fourth-order valence-electron chi connectivity index (χ4n) is 2.82. The first-order valence-electron chi connectivity index (χ1n) is 8.49. The van der Waals surface area contributed by atoms with Gasteiger partial charge < -0.3 is 5.32 Å². The van der Waals surface area contributed by atoms with Crippen LogP contribution in [0.3, 0.4) is 0 Å². The molecule has 2 aromatic carbocycles. The van der Waals surface area contributed by atoms with Crippen molar-refractivity contribution >= 4 is 17.5 Å². The molecule has 0 fully saturated rings. The highest BCUT2D eigenvalue weighted by molar-refractivity contribution is 6.30. The van der Waals surface area contributed by atoms with Crippen molar-refractivity contribution < 1.29 is 18.0 Å². The number of rotatable bonds is 5. The molecular formula is C21H16ClF3N2O. The van der Waals surface area contributed by atoms with E-state index in [9.17, 15) is 18.0 Å². The van der Waals surface area contributed by atoms with Crippen molar-refractivity contribution in [2.75, 3.05) is 6.54 Å². The van der Waals surface area contributed by atoms with Crippen molar-refractivity contribution in [3.05, 3.63) is 88.7 Å². The number of hydrogen-bond acceptors (Lipinski definition) is 2. The number of carbonyl (C=O) groups is 1. The Bertz CT molecular complexity index is 989. The van der Waals surface area contributed by atoms with E-state index in [0.717, 1.165) is 22.8 Å². The Kier molecular flexibility index (Phi) is 5.99. The fraction of sp³-hybridized carbons (Fsp3) is 0.143. The van der Waals surface area contributed by atoms with Gasteiger partial charge in [-0.2, -0.15) is 13.2 Å². The van der Waals surface area contributed by atoms with Crippen LogP contribution in [-0.2, 0) is 12.6 Å². The first kappa shape index (κ1) is 19.9. The molecule has 0 aliphatic heterocycles. The standard InChI is InChI=1S/C21H16ClF3N2O/c22-17-11-16(12-26-13-17)15-5-3-4-14(10-15)8-9-27-20(28)18-6-1-2-7-19(18)21(23,24)25/h1-7,10-13H,8-9H2,(H,27,28). The molecule has 0 spiro atoms. The molecule has 7 heteroatoms. The molecule has 0 aliphatic carbocycles. The van der Waals surface area contributed by atoms with E-state index in [0.29, 0.717) is 11.4 Å².